The van der Waals surface area contributed by atoms with Crippen LogP contribution in [0.3, 0.4) is 0 Å². The van der Waals surface area contributed by atoms with Gasteiger partial charge in [-0.2, -0.15) is 0 Å². The van der Waals surface area contributed by atoms with Crippen LogP contribution in [-0.2, 0) is 4.79 Å². The van der Waals surface area contributed by atoms with E-state index < -0.39 is 23.1 Å². The highest BCUT2D eigenvalue weighted by atomic mass is 35.5. The van der Waals surface area contributed by atoms with E-state index >= 15 is 0 Å². The monoisotopic (exact) mass is 483 g/mol. The van der Waals surface area contributed by atoms with Gasteiger partial charge in [-0.05, 0) is 30.3 Å². The van der Waals surface area contributed by atoms with Crippen LogP contribution in [0.15, 0.2) is 42.9 Å². The highest BCUT2D eigenvalue weighted by Gasteiger charge is 2.24. The molecule has 0 unspecified atom stereocenters. The number of carbonyl (C=O) groups excluding carboxylic acids is 1. The van der Waals surface area contributed by atoms with Crippen LogP contribution in [-0.4, -0.2) is 32.4 Å². The number of hydrogen-bond donors (Lipinski definition) is 3. The zero-order valence-electron chi connectivity index (χ0n) is 15.3. The Morgan fingerprint density at radius 3 is 2.48 bits per heavy atom. The quantitative estimate of drug-likeness (QED) is 0.319. The first-order chi connectivity index (χ1) is 14.8. The molecule has 2 aromatic heterocycles. The van der Waals surface area contributed by atoms with Gasteiger partial charge >= 0.3 is 5.69 Å². The molecule has 0 aliphatic heterocycles. The van der Waals surface area contributed by atoms with Crippen molar-refractivity contribution in [1.29, 1.82) is 0 Å². The number of rotatable bonds is 8. The highest BCUT2D eigenvalue weighted by Crippen LogP contribution is 2.30. The number of benzene rings is 1. The molecular weight excluding hydrogens is 473 g/mol. The zero-order valence-corrected chi connectivity index (χ0v) is 17.6. The van der Waals surface area contributed by atoms with Crippen molar-refractivity contribution in [3.05, 3.63) is 68.0 Å². The smallest absolute Gasteiger partial charge is 0.355 e. The van der Waals surface area contributed by atoms with Crippen LogP contribution in [0.25, 0.3) is 0 Å². The summed E-state index contributed by atoms with van der Waals surface area (Å²) in [7, 11) is 0. The third kappa shape index (κ3) is 6.04. The topological polar surface area (TPSA) is 144 Å². The molecule has 31 heavy (non-hydrogen) atoms. The predicted octanol–water partition coefficient (Wildman–Crippen LogP) is 4.01. The summed E-state index contributed by atoms with van der Waals surface area (Å²) >= 11 is 17.5. The number of amides is 1. The fraction of sp³-hybridized carbons (Fsp3) is 0.0588. The van der Waals surface area contributed by atoms with Crippen molar-refractivity contribution in [1.82, 2.24) is 20.4 Å². The lowest BCUT2D eigenvalue weighted by Crippen LogP contribution is -2.34. The SMILES string of the molecule is O=C(COc1ccc(Cl)cc1Cl)NNc1ncnc(Nc2ccc(Cl)cn2)c1[N+](=O)[O-]. The molecule has 1 aromatic carbocycles. The van der Waals surface area contributed by atoms with Crippen LogP contribution in [0.5, 0.6) is 5.75 Å². The fourth-order valence-corrected chi connectivity index (χ4v) is 2.78. The highest BCUT2D eigenvalue weighted by molar-refractivity contribution is 6.35. The van der Waals surface area contributed by atoms with Crippen LogP contribution >= 0.6 is 34.8 Å². The van der Waals surface area contributed by atoms with Gasteiger partial charge in [0.2, 0.25) is 11.6 Å². The number of nitrogens with one attached hydrogen (secondary N) is 3. The van der Waals surface area contributed by atoms with E-state index in [4.69, 9.17) is 39.5 Å². The first kappa shape index (κ1) is 22.3. The number of hydrazine groups is 1. The van der Waals surface area contributed by atoms with E-state index in [1.807, 2.05) is 0 Å². The van der Waals surface area contributed by atoms with E-state index in [2.05, 4.69) is 31.1 Å². The Hall–Kier alpha value is -3.41. The van der Waals surface area contributed by atoms with Crippen molar-refractivity contribution in [2.45, 2.75) is 0 Å². The van der Waals surface area contributed by atoms with Gasteiger partial charge in [-0.25, -0.2) is 15.0 Å². The molecule has 0 aliphatic carbocycles. The molecule has 3 rings (SSSR count). The molecule has 3 N–H and O–H groups in total. The van der Waals surface area contributed by atoms with Crippen molar-refractivity contribution in [2.75, 3.05) is 17.3 Å². The molecule has 14 heteroatoms. The van der Waals surface area contributed by atoms with Gasteiger partial charge in [0.15, 0.2) is 6.61 Å². The maximum absolute atomic E-state index is 12.0. The molecule has 160 valence electrons. The van der Waals surface area contributed by atoms with Crippen LogP contribution in [0, 0.1) is 10.1 Å². The van der Waals surface area contributed by atoms with E-state index in [0.717, 1.165) is 6.33 Å². The Balaban J connectivity index is 1.67. The van der Waals surface area contributed by atoms with E-state index in [1.54, 1.807) is 12.1 Å². The molecule has 11 nitrogen and oxygen atoms in total. The Bertz CT molecular complexity index is 1120. The Kier molecular flexibility index (Phi) is 7.23. The van der Waals surface area contributed by atoms with E-state index in [-0.39, 0.29) is 28.2 Å². The number of carbonyl (C=O) groups is 1. The lowest BCUT2D eigenvalue weighted by atomic mass is 10.3. The van der Waals surface area contributed by atoms with Crippen LogP contribution in [0.2, 0.25) is 15.1 Å². The van der Waals surface area contributed by atoms with Crippen LogP contribution < -0.4 is 20.9 Å². The van der Waals surface area contributed by atoms with E-state index in [9.17, 15) is 14.9 Å². The van der Waals surface area contributed by atoms with Gasteiger partial charge in [-0.15, -0.1) is 0 Å². The summed E-state index contributed by atoms with van der Waals surface area (Å²) in [6.07, 6.45) is 2.44. The van der Waals surface area contributed by atoms with Gasteiger partial charge in [0.25, 0.3) is 5.91 Å². The fourth-order valence-electron chi connectivity index (χ4n) is 2.21. The molecule has 3 aromatic rings. The second-order valence-corrected chi connectivity index (χ2v) is 6.98. The Morgan fingerprint density at radius 2 is 1.81 bits per heavy atom. The summed E-state index contributed by atoms with van der Waals surface area (Å²) in [5.74, 6) is -0.525. The zero-order chi connectivity index (χ0) is 22.4. The number of ether oxygens (including phenoxy) is 1. The van der Waals surface area contributed by atoms with Gasteiger partial charge < -0.3 is 10.1 Å². The summed E-state index contributed by atoms with van der Waals surface area (Å²) in [5.41, 5.74) is 4.12. The lowest BCUT2D eigenvalue weighted by Gasteiger charge is -2.11. The molecule has 0 aliphatic rings. The van der Waals surface area contributed by atoms with Gasteiger partial charge in [0, 0.05) is 11.2 Å². The largest absolute Gasteiger partial charge is 0.482 e. The average molecular weight is 485 g/mol. The summed E-state index contributed by atoms with van der Waals surface area (Å²) in [6.45, 7) is -0.424. The van der Waals surface area contributed by atoms with Crippen LogP contribution in [0.1, 0.15) is 0 Å². The number of nitro groups is 1. The second kappa shape index (κ2) is 10.1. The molecule has 0 spiro atoms. The molecule has 0 atom stereocenters. The first-order valence-corrected chi connectivity index (χ1v) is 9.47. The molecule has 2 heterocycles. The summed E-state index contributed by atoms with van der Waals surface area (Å²) < 4.78 is 5.29. The summed E-state index contributed by atoms with van der Waals surface area (Å²) in [6, 6.07) is 7.58. The van der Waals surface area contributed by atoms with Crippen molar-refractivity contribution < 1.29 is 14.5 Å². The van der Waals surface area contributed by atoms with Crippen LogP contribution in [0.4, 0.5) is 23.1 Å². The minimum Gasteiger partial charge on any atom is -0.482 e. The molecule has 0 fully saturated rings. The van der Waals surface area contributed by atoms with Gasteiger partial charge in [-0.3, -0.25) is 25.8 Å². The van der Waals surface area contributed by atoms with Gasteiger partial charge in [0.1, 0.15) is 17.9 Å². The number of anilines is 3. The minimum atomic E-state index is -0.712. The standard InChI is InChI=1S/C17H12Cl3N7O4/c18-9-1-3-12(11(20)5-9)31-7-14(28)25-26-17-15(27(29)30)16(22-8-23-17)24-13-4-2-10(19)6-21-13/h1-6,8H,7H2,(H,25,28)(H2,21,22,23,24,26). The summed E-state index contributed by atoms with van der Waals surface area (Å²) in [4.78, 5) is 34.5. The molecular formula is C17H12Cl3N7O4. The maximum atomic E-state index is 12.0. The van der Waals surface area contributed by atoms with Crippen molar-refractivity contribution >= 4 is 63.9 Å². The van der Waals surface area contributed by atoms with Gasteiger partial charge in [0.05, 0.1) is 15.0 Å². The third-order valence-corrected chi connectivity index (χ3v) is 4.31. The second-order valence-electron chi connectivity index (χ2n) is 5.70. The number of hydrogen-bond acceptors (Lipinski definition) is 9. The number of halogens is 3. The van der Waals surface area contributed by atoms with Crippen molar-refractivity contribution in [2.24, 2.45) is 0 Å². The van der Waals surface area contributed by atoms with Crippen molar-refractivity contribution in [3.8, 4) is 5.75 Å². The molecule has 0 bridgehead atoms. The number of nitrogens with zero attached hydrogens (tertiary/aromatic N) is 4. The maximum Gasteiger partial charge on any atom is 0.355 e. The molecule has 1 amide bonds. The van der Waals surface area contributed by atoms with E-state index in [1.165, 1.54) is 24.4 Å². The van der Waals surface area contributed by atoms with E-state index in [0.29, 0.717) is 10.0 Å². The number of aromatic nitrogens is 3. The molecule has 0 saturated carbocycles. The first-order valence-electron chi connectivity index (χ1n) is 8.34. The van der Waals surface area contributed by atoms with Crippen molar-refractivity contribution in [3.63, 3.8) is 0 Å². The third-order valence-electron chi connectivity index (χ3n) is 3.55. The Labute approximate surface area is 189 Å². The molecule has 0 radical (unpaired) electrons. The predicted molar refractivity (Wildman–Crippen MR) is 115 cm³/mol. The number of pyridine rings is 1. The lowest BCUT2D eigenvalue weighted by molar-refractivity contribution is -0.383. The average Bonchev–Trinajstić information content (AvgIpc) is 2.73. The molecule has 0 saturated heterocycles. The Morgan fingerprint density at radius 1 is 1.06 bits per heavy atom. The summed E-state index contributed by atoms with van der Waals surface area (Å²) in [5, 5.41) is 15.3. The van der Waals surface area contributed by atoms with Gasteiger partial charge in [-0.1, -0.05) is 34.8 Å². The normalized spacial score (nSPS) is 10.3. The minimum absolute atomic E-state index is 0.143.